The average Bonchev–Trinajstić information content (AvgIpc) is 3.14. The molecule has 0 saturated carbocycles. The summed E-state index contributed by atoms with van der Waals surface area (Å²) in [4.78, 5) is 27.1. The van der Waals surface area contributed by atoms with Crippen molar-refractivity contribution in [1.29, 1.82) is 0 Å². The van der Waals surface area contributed by atoms with Gasteiger partial charge in [0.15, 0.2) is 0 Å². The molecule has 1 aliphatic rings. The van der Waals surface area contributed by atoms with Crippen molar-refractivity contribution in [3.8, 4) is 0 Å². The molecule has 1 aromatic carbocycles. The maximum Gasteiger partial charge on any atom is 0.293 e. The van der Waals surface area contributed by atoms with Gasteiger partial charge in [0.2, 0.25) is 5.91 Å². The molecule has 0 aliphatic carbocycles. The van der Waals surface area contributed by atoms with Crippen LogP contribution in [0, 0.1) is 0 Å². The molecule has 2 aromatic heterocycles. The van der Waals surface area contributed by atoms with E-state index in [0.717, 1.165) is 5.56 Å². The summed E-state index contributed by atoms with van der Waals surface area (Å²) in [6.07, 6.45) is 2.95. The Morgan fingerprint density at radius 3 is 2.89 bits per heavy atom. The van der Waals surface area contributed by atoms with Gasteiger partial charge >= 0.3 is 0 Å². The number of hydrogen-bond acceptors (Lipinski definition) is 5. The Morgan fingerprint density at radius 2 is 2.07 bits per heavy atom. The highest BCUT2D eigenvalue weighted by Crippen LogP contribution is 2.28. The normalized spacial score (nSPS) is 16.9. The van der Waals surface area contributed by atoms with Crippen molar-refractivity contribution in [3.63, 3.8) is 0 Å². The Bertz CT molecular complexity index is 1020. The van der Waals surface area contributed by atoms with E-state index in [2.05, 4.69) is 15.5 Å². The quantitative estimate of drug-likeness (QED) is 0.702. The van der Waals surface area contributed by atoms with Crippen molar-refractivity contribution in [3.05, 3.63) is 63.8 Å². The highest BCUT2D eigenvalue weighted by molar-refractivity contribution is 6.31. The average molecular weight is 409 g/mol. The van der Waals surface area contributed by atoms with Crippen molar-refractivity contribution in [2.24, 2.45) is 0 Å². The van der Waals surface area contributed by atoms with Crippen LogP contribution in [0.4, 0.5) is 0 Å². The van der Waals surface area contributed by atoms with Crippen LogP contribution in [-0.2, 0) is 11.3 Å². The predicted octanol–water partition coefficient (Wildman–Crippen LogP) is 1.14. The lowest BCUT2D eigenvalue weighted by molar-refractivity contribution is -0.135. The predicted molar refractivity (Wildman–Crippen MR) is 103 cm³/mol. The van der Waals surface area contributed by atoms with E-state index in [1.54, 1.807) is 11.0 Å². The summed E-state index contributed by atoms with van der Waals surface area (Å²) in [5.41, 5.74) is 0.930. The lowest BCUT2D eigenvalue weighted by atomic mass is 10.0. The summed E-state index contributed by atoms with van der Waals surface area (Å²) >= 11 is 6.32. The van der Waals surface area contributed by atoms with Gasteiger partial charge in [-0.05, 0) is 17.7 Å². The second-order valence-corrected chi connectivity index (χ2v) is 6.49. The van der Waals surface area contributed by atoms with Gasteiger partial charge in [-0.25, -0.2) is 9.20 Å². The third-order valence-electron chi connectivity index (χ3n) is 4.54. The van der Waals surface area contributed by atoms with Crippen LogP contribution in [0.2, 0.25) is 5.02 Å². The smallest absolute Gasteiger partial charge is 0.293 e. The fourth-order valence-electron chi connectivity index (χ4n) is 3.23. The van der Waals surface area contributed by atoms with E-state index < -0.39 is 0 Å². The third-order valence-corrected chi connectivity index (χ3v) is 4.88. The minimum atomic E-state index is -0.345. The lowest BCUT2D eigenvalue weighted by Crippen LogP contribution is -2.50. The maximum absolute atomic E-state index is 12.9. The van der Waals surface area contributed by atoms with E-state index in [1.807, 2.05) is 24.3 Å². The van der Waals surface area contributed by atoms with E-state index in [0.29, 0.717) is 30.2 Å². The lowest BCUT2D eigenvalue weighted by Gasteiger charge is -2.37. The Kier molecular flexibility index (Phi) is 5.79. The van der Waals surface area contributed by atoms with Crippen LogP contribution in [0.3, 0.4) is 0 Å². The largest absolute Gasteiger partial charge is 0.331 e. The molecule has 3 heterocycles. The molecule has 1 aliphatic heterocycles. The van der Waals surface area contributed by atoms with E-state index in [9.17, 15) is 9.59 Å². The van der Waals surface area contributed by atoms with Crippen LogP contribution in [-0.4, -0.2) is 49.8 Å². The van der Waals surface area contributed by atoms with Gasteiger partial charge in [0, 0.05) is 24.7 Å². The molecule has 8 nitrogen and oxygen atoms in total. The van der Waals surface area contributed by atoms with E-state index in [1.165, 1.54) is 21.7 Å². The van der Waals surface area contributed by atoms with Gasteiger partial charge in [0.1, 0.15) is 18.4 Å². The van der Waals surface area contributed by atoms with Crippen LogP contribution in [0.25, 0.3) is 5.52 Å². The topological polar surface area (TPSA) is 84.5 Å². The van der Waals surface area contributed by atoms with Gasteiger partial charge in [-0.3, -0.25) is 9.59 Å². The highest BCUT2D eigenvalue weighted by Gasteiger charge is 2.29. The van der Waals surface area contributed by atoms with Crippen LogP contribution in [0.1, 0.15) is 11.6 Å². The number of halogens is 2. The molecule has 3 aromatic rings. The monoisotopic (exact) mass is 408 g/mol. The van der Waals surface area contributed by atoms with Crippen molar-refractivity contribution in [2.75, 3.05) is 19.6 Å². The Balaban J connectivity index is 0.00000210. The van der Waals surface area contributed by atoms with Crippen molar-refractivity contribution in [1.82, 2.24) is 29.6 Å². The molecule has 1 fully saturated rings. The van der Waals surface area contributed by atoms with E-state index in [-0.39, 0.29) is 36.5 Å². The van der Waals surface area contributed by atoms with Gasteiger partial charge in [-0.15, -0.1) is 12.4 Å². The molecular formula is C17H18Cl2N6O2. The van der Waals surface area contributed by atoms with Crippen LogP contribution in [0.15, 0.2) is 47.7 Å². The maximum atomic E-state index is 12.9. The molecule has 10 heteroatoms. The van der Waals surface area contributed by atoms with Crippen LogP contribution < -0.4 is 10.9 Å². The summed E-state index contributed by atoms with van der Waals surface area (Å²) in [5, 5.41) is 11.9. The zero-order valence-electron chi connectivity index (χ0n) is 14.3. The molecule has 1 N–H and O–H groups in total. The standard InChI is InChI=1S/C17H17ClN6O2.ClH/c18-13-4-2-1-3-12(13)15-9-19-7-8-22(15)16(25)10-23-17(26)14-5-6-20-24(14)11-21-23;/h1-6,11,15,19H,7-10H2;1H. The van der Waals surface area contributed by atoms with Gasteiger partial charge < -0.3 is 10.2 Å². The number of carbonyl (C=O) groups is 1. The minimum absolute atomic E-state index is 0. The summed E-state index contributed by atoms with van der Waals surface area (Å²) in [6, 6.07) is 8.91. The molecule has 4 rings (SSSR count). The summed E-state index contributed by atoms with van der Waals surface area (Å²) in [5.74, 6) is -0.171. The Hall–Kier alpha value is -2.42. The first-order chi connectivity index (χ1) is 12.6. The molecular weight excluding hydrogens is 391 g/mol. The SMILES string of the molecule is Cl.O=C(Cn1ncn2nccc2c1=O)N1CCNCC1c1ccccc1Cl. The molecule has 1 unspecified atom stereocenters. The minimum Gasteiger partial charge on any atom is -0.331 e. The summed E-state index contributed by atoms with van der Waals surface area (Å²) < 4.78 is 2.56. The number of hydrogen-bond donors (Lipinski definition) is 1. The number of fused-ring (bicyclic) bond motifs is 1. The molecule has 1 amide bonds. The second kappa shape index (κ2) is 8.08. The third kappa shape index (κ3) is 3.69. The highest BCUT2D eigenvalue weighted by atomic mass is 35.5. The van der Waals surface area contributed by atoms with Gasteiger partial charge in [0.25, 0.3) is 5.56 Å². The first-order valence-electron chi connectivity index (χ1n) is 8.29. The van der Waals surface area contributed by atoms with Gasteiger partial charge in [-0.1, -0.05) is 29.8 Å². The summed E-state index contributed by atoms with van der Waals surface area (Å²) in [6.45, 7) is 1.72. The number of nitrogens with zero attached hydrogens (tertiary/aromatic N) is 5. The summed E-state index contributed by atoms with van der Waals surface area (Å²) in [7, 11) is 0. The molecule has 1 saturated heterocycles. The molecule has 142 valence electrons. The molecule has 27 heavy (non-hydrogen) atoms. The zero-order valence-corrected chi connectivity index (χ0v) is 15.9. The fourth-order valence-corrected chi connectivity index (χ4v) is 3.49. The number of benzene rings is 1. The number of piperazine rings is 1. The van der Waals surface area contributed by atoms with Crippen molar-refractivity contribution < 1.29 is 4.79 Å². The molecule has 0 bridgehead atoms. The number of carbonyl (C=O) groups excluding carboxylic acids is 1. The second-order valence-electron chi connectivity index (χ2n) is 6.08. The molecule has 0 radical (unpaired) electrons. The van der Waals surface area contributed by atoms with Crippen LogP contribution in [0.5, 0.6) is 0 Å². The molecule has 1 atom stereocenters. The zero-order chi connectivity index (χ0) is 18.1. The first kappa shape index (κ1) is 19.3. The Morgan fingerprint density at radius 1 is 1.26 bits per heavy atom. The van der Waals surface area contributed by atoms with Gasteiger partial charge in [-0.2, -0.15) is 10.2 Å². The molecule has 0 spiro atoms. The number of aromatic nitrogens is 4. The number of amides is 1. The first-order valence-corrected chi connectivity index (χ1v) is 8.67. The number of nitrogens with one attached hydrogen (secondary N) is 1. The van der Waals surface area contributed by atoms with E-state index >= 15 is 0 Å². The van der Waals surface area contributed by atoms with Crippen LogP contribution >= 0.6 is 24.0 Å². The van der Waals surface area contributed by atoms with E-state index in [4.69, 9.17) is 11.6 Å². The van der Waals surface area contributed by atoms with Gasteiger partial charge in [0.05, 0.1) is 12.2 Å². The Labute approximate surface area is 166 Å². The van der Waals surface area contributed by atoms with Crippen molar-refractivity contribution in [2.45, 2.75) is 12.6 Å². The fraction of sp³-hybridized carbons (Fsp3) is 0.294. The van der Waals surface area contributed by atoms with Crippen molar-refractivity contribution >= 4 is 35.4 Å². The number of rotatable bonds is 3.